The Kier molecular flexibility index (Phi) is 4.60. The molecule has 0 spiro atoms. The zero-order chi connectivity index (χ0) is 11.5. The van der Waals surface area contributed by atoms with Gasteiger partial charge in [-0.05, 0) is 44.3 Å². The van der Waals surface area contributed by atoms with Crippen molar-refractivity contribution in [2.24, 2.45) is 11.3 Å². The van der Waals surface area contributed by atoms with Gasteiger partial charge in [0.2, 0.25) is 0 Å². The minimum absolute atomic E-state index is 0.613. The first-order chi connectivity index (χ1) is 6.99. The minimum atomic E-state index is 0.613. The molecular formula is C13H28N2. The number of nitrogens with one attached hydrogen (secondary N) is 1. The molecule has 0 bridgehead atoms. The van der Waals surface area contributed by atoms with Gasteiger partial charge in [0, 0.05) is 12.6 Å². The van der Waals surface area contributed by atoms with Crippen molar-refractivity contribution in [3.8, 4) is 0 Å². The molecule has 0 aromatic heterocycles. The fourth-order valence-corrected chi connectivity index (χ4v) is 2.20. The third-order valence-electron chi connectivity index (χ3n) is 3.86. The highest BCUT2D eigenvalue weighted by atomic mass is 15.1. The quantitative estimate of drug-likeness (QED) is 0.697. The molecule has 15 heavy (non-hydrogen) atoms. The molecular weight excluding hydrogens is 184 g/mol. The van der Waals surface area contributed by atoms with Gasteiger partial charge in [0.15, 0.2) is 0 Å². The van der Waals surface area contributed by atoms with Crippen molar-refractivity contribution in [2.45, 2.75) is 47.1 Å². The molecule has 2 heteroatoms. The van der Waals surface area contributed by atoms with Crippen LogP contribution in [0.2, 0.25) is 0 Å². The van der Waals surface area contributed by atoms with Crippen LogP contribution in [0, 0.1) is 11.3 Å². The van der Waals surface area contributed by atoms with Gasteiger partial charge < -0.3 is 10.2 Å². The Labute approximate surface area is 95.4 Å². The maximum absolute atomic E-state index is 3.66. The van der Waals surface area contributed by atoms with Crippen LogP contribution in [0.4, 0.5) is 0 Å². The lowest BCUT2D eigenvalue weighted by Gasteiger charge is -2.23. The summed E-state index contributed by atoms with van der Waals surface area (Å²) in [6.07, 6.45) is 1.40. The molecule has 1 aliphatic rings. The van der Waals surface area contributed by atoms with Gasteiger partial charge in [0.1, 0.15) is 0 Å². The number of hydrogen-bond donors (Lipinski definition) is 1. The van der Waals surface area contributed by atoms with Gasteiger partial charge in [-0.25, -0.2) is 0 Å². The Morgan fingerprint density at radius 1 is 1.33 bits per heavy atom. The van der Waals surface area contributed by atoms with E-state index < -0.39 is 0 Å². The molecule has 1 fully saturated rings. The summed E-state index contributed by atoms with van der Waals surface area (Å²) < 4.78 is 0. The normalized spacial score (nSPS) is 25.6. The van der Waals surface area contributed by atoms with Gasteiger partial charge in [0.25, 0.3) is 0 Å². The van der Waals surface area contributed by atoms with Crippen LogP contribution in [-0.2, 0) is 0 Å². The first-order valence-corrected chi connectivity index (χ1v) is 6.45. The van der Waals surface area contributed by atoms with E-state index >= 15 is 0 Å². The van der Waals surface area contributed by atoms with Crippen LogP contribution in [0.1, 0.15) is 41.0 Å². The molecule has 1 N–H and O–H groups in total. The van der Waals surface area contributed by atoms with Crippen LogP contribution in [0.5, 0.6) is 0 Å². The van der Waals surface area contributed by atoms with Crippen LogP contribution in [0.3, 0.4) is 0 Å². The van der Waals surface area contributed by atoms with Gasteiger partial charge in [-0.3, -0.25) is 0 Å². The first-order valence-electron chi connectivity index (χ1n) is 6.45. The van der Waals surface area contributed by atoms with Gasteiger partial charge in [-0.1, -0.05) is 27.7 Å². The maximum atomic E-state index is 3.66. The van der Waals surface area contributed by atoms with Crippen molar-refractivity contribution in [3.05, 3.63) is 0 Å². The summed E-state index contributed by atoms with van der Waals surface area (Å²) in [6, 6.07) is 0.626. The van der Waals surface area contributed by atoms with E-state index in [9.17, 15) is 0 Å². The SMILES string of the molecule is CCN(CC)CC(C)NCC1CC1(C)C. The highest BCUT2D eigenvalue weighted by Crippen LogP contribution is 2.50. The molecule has 0 aromatic carbocycles. The van der Waals surface area contributed by atoms with Crippen LogP contribution >= 0.6 is 0 Å². The Bertz CT molecular complexity index is 185. The predicted molar refractivity (Wildman–Crippen MR) is 67.1 cm³/mol. The smallest absolute Gasteiger partial charge is 0.0166 e. The lowest BCUT2D eigenvalue weighted by molar-refractivity contribution is 0.269. The van der Waals surface area contributed by atoms with E-state index in [-0.39, 0.29) is 0 Å². The summed E-state index contributed by atoms with van der Waals surface area (Å²) in [6.45, 7) is 16.2. The summed E-state index contributed by atoms with van der Waals surface area (Å²) in [5.41, 5.74) is 0.613. The molecule has 2 unspecified atom stereocenters. The molecule has 1 aliphatic carbocycles. The molecule has 90 valence electrons. The summed E-state index contributed by atoms with van der Waals surface area (Å²) in [5, 5.41) is 3.66. The van der Waals surface area contributed by atoms with Gasteiger partial charge in [-0.15, -0.1) is 0 Å². The van der Waals surface area contributed by atoms with Crippen molar-refractivity contribution >= 4 is 0 Å². The van der Waals surface area contributed by atoms with Gasteiger partial charge in [0.05, 0.1) is 0 Å². The third-order valence-corrected chi connectivity index (χ3v) is 3.86. The Morgan fingerprint density at radius 3 is 2.27 bits per heavy atom. The molecule has 0 heterocycles. The van der Waals surface area contributed by atoms with E-state index in [0.29, 0.717) is 11.5 Å². The molecule has 1 saturated carbocycles. The zero-order valence-corrected chi connectivity index (χ0v) is 11.1. The standard InChI is InChI=1S/C13H28N2/c1-6-15(7-2)10-11(3)14-9-12-8-13(12,4)5/h11-12,14H,6-10H2,1-5H3. The van der Waals surface area contributed by atoms with Crippen molar-refractivity contribution < 1.29 is 0 Å². The van der Waals surface area contributed by atoms with Crippen molar-refractivity contribution in [3.63, 3.8) is 0 Å². The molecule has 0 amide bonds. The third kappa shape index (κ3) is 4.12. The lowest BCUT2D eigenvalue weighted by atomic mass is 10.1. The van der Waals surface area contributed by atoms with E-state index in [0.717, 1.165) is 19.0 Å². The molecule has 0 aromatic rings. The van der Waals surface area contributed by atoms with E-state index in [1.165, 1.54) is 19.5 Å². The highest BCUT2D eigenvalue weighted by Gasteiger charge is 2.44. The van der Waals surface area contributed by atoms with Crippen LogP contribution in [-0.4, -0.2) is 37.1 Å². The second kappa shape index (κ2) is 5.31. The number of likely N-dealkylation sites (N-methyl/N-ethyl adjacent to an activating group) is 1. The monoisotopic (exact) mass is 212 g/mol. The second-order valence-electron chi connectivity index (χ2n) is 5.68. The van der Waals surface area contributed by atoms with E-state index in [2.05, 4.69) is 44.8 Å². The van der Waals surface area contributed by atoms with Gasteiger partial charge in [-0.2, -0.15) is 0 Å². The Morgan fingerprint density at radius 2 is 1.87 bits per heavy atom. The molecule has 2 nitrogen and oxygen atoms in total. The molecule has 0 saturated heterocycles. The number of rotatable bonds is 7. The molecule has 0 aliphatic heterocycles. The second-order valence-corrected chi connectivity index (χ2v) is 5.68. The first kappa shape index (κ1) is 13.0. The summed E-state index contributed by atoms with van der Waals surface area (Å²) >= 11 is 0. The summed E-state index contributed by atoms with van der Waals surface area (Å²) in [4.78, 5) is 2.48. The molecule has 1 rings (SSSR count). The van der Waals surface area contributed by atoms with Gasteiger partial charge >= 0.3 is 0 Å². The predicted octanol–water partition coefficient (Wildman–Crippen LogP) is 2.35. The highest BCUT2D eigenvalue weighted by molar-refractivity contribution is 4.96. The summed E-state index contributed by atoms with van der Waals surface area (Å²) in [5.74, 6) is 0.914. The number of hydrogen-bond acceptors (Lipinski definition) is 2. The van der Waals surface area contributed by atoms with Crippen LogP contribution in [0.15, 0.2) is 0 Å². The van der Waals surface area contributed by atoms with Crippen molar-refractivity contribution in [2.75, 3.05) is 26.2 Å². The van der Waals surface area contributed by atoms with Crippen LogP contribution < -0.4 is 5.32 Å². The minimum Gasteiger partial charge on any atom is -0.313 e. The van der Waals surface area contributed by atoms with E-state index in [1.54, 1.807) is 0 Å². The average molecular weight is 212 g/mol. The topological polar surface area (TPSA) is 15.3 Å². The maximum Gasteiger partial charge on any atom is 0.0166 e. The van der Waals surface area contributed by atoms with Crippen LogP contribution in [0.25, 0.3) is 0 Å². The summed E-state index contributed by atoms with van der Waals surface area (Å²) in [7, 11) is 0. The Balaban J connectivity index is 2.11. The zero-order valence-electron chi connectivity index (χ0n) is 11.1. The Hall–Kier alpha value is -0.0800. The van der Waals surface area contributed by atoms with Crippen molar-refractivity contribution in [1.82, 2.24) is 10.2 Å². The molecule has 2 atom stereocenters. The van der Waals surface area contributed by atoms with E-state index in [1.807, 2.05) is 0 Å². The molecule has 0 radical (unpaired) electrons. The van der Waals surface area contributed by atoms with E-state index in [4.69, 9.17) is 0 Å². The fraction of sp³-hybridized carbons (Fsp3) is 1.00. The average Bonchev–Trinajstić information content (AvgIpc) is 2.80. The lowest BCUT2D eigenvalue weighted by Crippen LogP contribution is -2.40. The largest absolute Gasteiger partial charge is 0.313 e. The van der Waals surface area contributed by atoms with Crippen molar-refractivity contribution in [1.29, 1.82) is 0 Å². The fourth-order valence-electron chi connectivity index (χ4n) is 2.20. The number of nitrogens with zero attached hydrogens (tertiary/aromatic N) is 1.